The van der Waals surface area contributed by atoms with Gasteiger partial charge in [-0.15, -0.1) is 0 Å². The van der Waals surface area contributed by atoms with Crippen LogP contribution in [0.3, 0.4) is 0 Å². The predicted molar refractivity (Wildman–Crippen MR) is 130 cm³/mol. The number of benzene rings is 3. The van der Waals surface area contributed by atoms with E-state index in [-0.39, 0.29) is 5.56 Å². The zero-order valence-corrected chi connectivity index (χ0v) is 18.1. The van der Waals surface area contributed by atoms with Crippen molar-refractivity contribution in [2.24, 2.45) is 0 Å². The molecule has 32 heavy (non-hydrogen) atoms. The van der Waals surface area contributed by atoms with Crippen LogP contribution in [0.25, 0.3) is 21.7 Å². The number of aryl methyl sites for hydroxylation is 1. The summed E-state index contributed by atoms with van der Waals surface area (Å²) in [6, 6.07) is 24.3. The van der Waals surface area contributed by atoms with E-state index in [1.165, 1.54) is 11.3 Å². The second-order valence-electron chi connectivity index (χ2n) is 8.47. The summed E-state index contributed by atoms with van der Waals surface area (Å²) < 4.78 is 0. The summed E-state index contributed by atoms with van der Waals surface area (Å²) in [6.45, 7) is 5.24. The van der Waals surface area contributed by atoms with E-state index in [1.54, 1.807) is 0 Å². The number of aromatic nitrogens is 1. The number of nitrogens with zero attached hydrogens (tertiary/aromatic N) is 3. The van der Waals surface area contributed by atoms with Crippen LogP contribution in [0.4, 0.5) is 5.69 Å². The molecule has 160 valence electrons. The molecule has 0 unspecified atom stereocenters. The minimum atomic E-state index is -0.0269. The largest absolute Gasteiger partial charge is 0.369 e. The van der Waals surface area contributed by atoms with Gasteiger partial charge in [0.25, 0.3) is 5.56 Å². The standard InChI is InChI=1S/C27H26N4O/c28-19-21-7-10-22(11-8-21)31-16-14-30(15-17-31)13-3-4-20-9-12-26-25(18-20)23-5-1-2-6-24(23)27(32)29-26/h1-2,5-12,18H,3-4,13-17H2,(H,29,32). The van der Waals surface area contributed by atoms with Gasteiger partial charge < -0.3 is 9.88 Å². The minimum Gasteiger partial charge on any atom is -0.369 e. The quantitative estimate of drug-likeness (QED) is 0.487. The topological polar surface area (TPSA) is 63.1 Å². The fraction of sp³-hybridized carbons (Fsp3) is 0.259. The van der Waals surface area contributed by atoms with Crippen molar-refractivity contribution in [2.75, 3.05) is 37.6 Å². The molecule has 2 heterocycles. The van der Waals surface area contributed by atoms with E-state index in [0.717, 1.165) is 67.2 Å². The minimum absolute atomic E-state index is 0.0269. The molecule has 0 radical (unpaired) electrons. The van der Waals surface area contributed by atoms with E-state index in [9.17, 15) is 4.79 Å². The van der Waals surface area contributed by atoms with Gasteiger partial charge in [-0.1, -0.05) is 24.3 Å². The van der Waals surface area contributed by atoms with Crippen molar-refractivity contribution >= 4 is 27.4 Å². The molecular formula is C27H26N4O. The summed E-state index contributed by atoms with van der Waals surface area (Å²) in [7, 11) is 0. The number of nitriles is 1. The molecule has 1 aliphatic rings. The Bertz CT molecular complexity index is 1340. The maximum absolute atomic E-state index is 12.3. The molecule has 0 aliphatic carbocycles. The monoisotopic (exact) mass is 422 g/mol. The second kappa shape index (κ2) is 8.86. The molecule has 4 aromatic rings. The van der Waals surface area contributed by atoms with Gasteiger partial charge in [0.1, 0.15) is 0 Å². The van der Waals surface area contributed by atoms with Gasteiger partial charge in [-0.05, 0) is 72.8 Å². The van der Waals surface area contributed by atoms with Crippen molar-refractivity contribution in [3.63, 3.8) is 0 Å². The molecule has 5 rings (SSSR count). The van der Waals surface area contributed by atoms with E-state index in [2.05, 4.69) is 33.0 Å². The number of hydrogen-bond acceptors (Lipinski definition) is 4. The number of H-pyrrole nitrogens is 1. The Morgan fingerprint density at radius 3 is 2.38 bits per heavy atom. The maximum Gasteiger partial charge on any atom is 0.256 e. The SMILES string of the molecule is N#Cc1ccc(N2CCN(CCCc3ccc4[nH]c(=O)c5ccccc5c4c3)CC2)cc1. The Hall–Kier alpha value is -3.62. The van der Waals surface area contributed by atoms with Gasteiger partial charge in [-0.25, -0.2) is 0 Å². The highest BCUT2D eigenvalue weighted by Gasteiger charge is 2.17. The van der Waals surface area contributed by atoms with Gasteiger partial charge in [0.15, 0.2) is 0 Å². The van der Waals surface area contributed by atoms with Gasteiger partial charge in [0.05, 0.1) is 11.6 Å². The van der Waals surface area contributed by atoms with E-state index in [0.29, 0.717) is 5.56 Å². The molecular weight excluding hydrogens is 396 g/mol. The summed E-state index contributed by atoms with van der Waals surface area (Å²) in [4.78, 5) is 20.2. The number of aromatic amines is 1. The van der Waals surface area contributed by atoms with Gasteiger partial charge >= 0.3 is 0 Å². The van der Waals surface area contributed by atoms with Crippen molar-refractivity contribution in [3.8, 4) is 6.07 Å². The zero-order chi connectivity index (χ0) is 21.9. The number of anilines is 1. The van der Waals surface area contributed by atoms with Crippen LogP contribution in [0.5, 0.6) is 0 Å². The number of rotatable bonds is 5. The highest BCUT2D eigenvalue weighted by molar-refractivity contribution is 6.05. The van der Waals surface area contributed by atoms with Crippen LogP contribution < -0.4 is 10.5 Å². The Morgan fingerprint density at radius 1 is 0.875 bits per heavy atom. The number of fused-ring (bicyclic) bond motifs is 3. The molecule has 0 atom stereocenters. The van der Waals surface area contributed by atoms with Crippen molar-refractivity contribution in [2.45, 2.75) is 12.8 Å². The summed E-state index contributed by atoms with van der Waals surface area (Å²) in [5, 5.41) is 11.9. The van der Waals surface area contributed by atoms with Crippen LogP contribution in [0.15, 0.2) is 71.5 Å². The summed E-state index contributed by atoms with van der Waals surface area (Å²) >= 11 is 0. The number of nitrogens with one attached hydrogen (secondary N) is 1. The third kappa shape index (κ3) is 4.10. The third-order valence-electron chi connectivity index (χ3n) is 6.47. The highest BCUT2D eigenvalue weighted by atomic mass is 16.1. The molecule has 1 fully saturated rings. The fourth-order valence-corrected chi connectivity index (χ4v) is 4.67. The molecule has 3 aromatic carbocycles. The van der Waals surface area contributed by atoms with Crippen LogP contribution in [-0.4, -0.2) is 42.6 Å². The summed E-state index contributed by atoms with van der Waals surface area (Å²) in [5.41, 5.74) is 4.09. The molecule has 0 amide bonds. The predicted octanol–water partition coefficient (Wildman–Crippen LogP) is 4.31. The smallest absolute Gasteiger partial charge is 0.256 e. The van der Waals surface area contributed by atoms with E-state index in [4.69, 9.17) is 5.26 Å². The van der Waals surface area contributed by atoms with Crippen LogP contribution in [0.2, 0.25) is 0 Å². The first-order valence-electron chi connectivity index (χ1n) is 11.2. The van der Waals surface area contributed by atoms with Crippen LogP contribution in [0.1, 0.15) is 17.5 Å². The maximum atomic E-state index is 12.3. The molecule has 1 saturated heterocycles. The average Bonchev–Trinajstić information content (AvgIpc) is 2.85. The van der Waals surface area contributed by atoms with Crippen LogP contribution in [-0.2, 0) is 6.42 Å². The van der Waals surface area contributed by atoms with Crippen LogP contribution >= 0.6 is 0 Å². The van der Waals surface area contributed by atoms with Crippen LogP contribution in [0, 0.1) is 11.3 Å². The third-order valence-corrected chi connectivity index (χ3v) is 6.47. The first-order chi connectivity index (χ1) is 15.7. The number of hydrogen-bond donors (Lipinski definition) is 1. The molecule has 0 bridgehead atoms. The average molecular weight is 423 g/mol. The molecule has 5 heteroatoms. The Balaban J connectivity index is 1.19. The van der Waals surface area contributed by atoms with Crippen molar-refractivity contribution in [1.29, 1.82) is 5.26 Å². The molecule has 1 aliphatic heterocycles. The lowest BCUT2D eigenvalue weighted by Gasteiger charge is -2.36. The van der Waals surface area contributed by atoms with Gasteiger partial charge in [0, 0.05) is 48.2 Å². The summed E-state index contributed by atoms with van der Waals surface area (Å²) in [6.07, 6.45) is 2.14. The highest BCUT2D eigenvalue weighted by Crippen LogP contribution is 2.23. The normalized spacial score (nSPS) is 14.7. The lowest BCUT2D eigenvalue weighted by atomic mass is 10.0. The van der Waals surface area contributed by atoms with Crippen molar-refractivity contribution in [1.82, 2.24) is 9.88 Å². The Kier molecular flexibility index (Phi) is 5.62. The number of piperazine rings is 1. The molecule has 5 nitrogen and oxygen atoms in total. The van der Waals surface area contributed by atoms with Gasteiger partial charge in [0.2, 0.25) is 0 Å². The lowest BCUT2D eigenvalue weighted by molar-refractivity contribution is 0.255. The first kappa shape index (κ1) is 20.3. The van der Waals surface area contributed by atoms with E-state index >= 15 is 0 Å². The van der Waals surface area contributed by atoms with E-state index in [1.807, 2.05) is 54.6 Å². The first-order valence-corrected chi connectivity index (χ1v) is 11.2. The Morgan fingerprint density at radius 2 is 1.62 bits per heavy atom. The molecule has 0 saturated carbocycles. The second-order valence-corrected chi connectivity index (χ2v) is 8.47. The van der Waals surface area contributed by atoms with E-state index < -0.39 is 0 Å². The fourth-order valence-electron chi connectivity index (χ4n) is 4.67. The lowest BCUT2D eigenvalue weighted by Crippen LogP contribution is -2.46. The molecule has 1 N–H and O–H groups in total. The van der Waals surface area contributed by atoms with Gasteiger partial charge in [-0.3, -0.25) is 9.69 Å². The van der Waals surface area contributed by atoms with Crippen molar-refractivity contribution in [3.05, 3.63) is 88.2 Å². The summed E-state index contributed by atoms with van der Waals surface area (Å²) in [5.74, 6) is 0. The number of pyridine rings is 1. The molecule has 1 aromatic heterocycles. The zero-order valence-electron chi connectivity index (χ0n) is 18.1. The Labute approximate surface area is 187 Å². The molecule has 0 spiro atoms. The van der Waals surface area contributed by atoms with Crippen molar-refractivity contribution < 1.29 is 0 Å². The van der Waals surface area contributed by atoms with Gasteiger partial charge in [-0.2, -0.15) is 5.26 Å².